The van der Waals surface area contributed by atoms with Crippen molar-refractivity contribution in [3.63, 3.8) is 0 Å². The SMILES string of the molecule is Cc1noc(Nc2cnc(C(F)(F)F)cn2)c1C(=O)Nc1ccc(OC[C@H]2CCN(CCC(F)(F)F)C2)nc1. The Labute approximate surface area is 217 Å². The van der Waals surface area contributed by atoms with Gasteiger partial charge in [0.2, 0.25) is 11.8 Å². The fourth-order valence-corrected chi connectivity index (χ4v) is 3.85. The molecule has 16 heteroatoms. The number of carbonyl (C=O) groups excluding carboxylic acids is 1. The number of ether oxygens (including phenoxy) is 1. The predicted molar refractivity (Wildman–Crippen MR) is 124 cm³/mol. The summed E-state index contributed by atoms with van der Waals surface area (Å²) in [7, 11) is 0. The first kappa shape index (κ1) is 28.1. The number of amides is 1. The molecule has 1 atom stereocenters. The van der Waals surface area contributed by atoms with Crippen LogP contribution < -0.4 is 15.4 Å². The van der Waals surface area contributed by atoms with Crippen LogP contribution in [0.25, 0.3) is 0 Å². The van der Waals surface area contributed by atoms with Gasteiger partial charge in [-0.05, 0) is 26.0 Å². The average molecular weight is 559 g/mol. The smallest absolute Gasteiger partial charge is 0.434 e. The Morgan fingerprint density at radius 1 is 1.13 bits per heavy atom. The number of halogens is 6. The number of anilines is 3. The molecule has 1 amide bonds. The molecule has 210 valence electrons. The van der Waals surface area contributed by atoms with Gasteiger partial charge >= 0.3 is 12.4 Å². The van der Waals surface area contributed by atoms with E-state index in [4.69, 9.17) is 9.26 Å². The Morgan fingerprint density at radius 3 is 2.56 bits per heavy atom. The van der Waals surface area contributed by atoms with Gasteiger partial charge < -0.3 is 24.8 Å². The molecule has 0 radical (unpaired) electrons. The number of aryl methyl sites for hydroxylation is 1. The lowest BCUT2D eigenvalue weighted by Crippen LogP contribution is -2.27. The molecule has 1 aliphatic heterocycles. The minimum absolute atomic E-state index is 0.00617. The zero-order valence-electron chi connectivity index (χ0n) is 20.4. The second-order valence-corrected chi connectivity index (χ2v) is 8.85. The summed E-state index contributed by atoms with van der Waals surface area (Å²) in [5.41, 5.74) is -0.657. The topological polar surface area (TPSA) is 118 Å². The number of hydrogen-bond donors (Lipinski definition) is 2. The van der Waals surface area contributed by atoms with Crippen molar-refractivity contribution in [2.24, 2.45) is 5.92 Å². The maximum Gasteiger partial charge on any atom is 0.434 e. The highest BCUT2D eigenvalue weighted by Crippen LogP contribution is 2.29. The Hall–Kier alpha value is -3.95. The van der Waals surface area contributed by atoms with Crippen molar-refractivity contribution in [2.75, 3.05) is 36.9 Å². The first-order valence-electron chi connectivity index (χ1n) is 11.7. The molecule has 4 heterocycles. The summed E-state index contributed by atoms with van der Waals surface area (Å²) in [5.74, 6) is -0.506. The molecule has 0 unspecified atom stereocenters. The molecule has 3 aromatic rings. The van der Waals surface area contributed by atoms with E-state index in [0.29, 0.717) is 31.6 Å². The maximum absolute atomic E-state index is 12.9. The number of likely N-dealkylation sites (tertiary alicyclic amines) is 1. The first-order valence-corrected chi connectivity index (χ1v) is 11.7. The monoisotopic (exact) mass is 559 g/mol. The zero-order valence-corrected chi connectivity index (χ0v) is 20.4. The van der Waals surface area contributed by atoms with E-state index in [-0.39, 0.29) is 41.3 Å². The Bertz CT molecular complexity index is 1260. The van der Waals surface area contributed by atoms with E-state index in [1.807, 2.05) is 0 Å². The van der Waals surface area contributed by atoms with Gasteiger partial charge in [0.25, 0.3) is 5.91 Å². The molecule has 4 rings (SSSR count). The molecule has 3 aromatic heterocycles. The fraction of sp³-hybridized carbons (Fsp3) is 0.435. The van der Waals surface area contributed by atoms with Gasteiger partial charge in [0.1, 0.15) is 5.56 Å². The second kappa shape index (κ2) is 11.4. The fourth-order valence-electron chi connectivity index (χ4n) is 3.85. The number of nitrogens with one attached hydrogen (secondary N) is 2. The standard InChI is InChI=1S/C23H23F6N7O3/c1-13-19(21(39-35-13)34-17-10-30-16(9-31-17)23(27,28)29)20(37)33-15-2-3-18(32-8-15)38-12-14-4-6-36(11-14)7-5-22(24,25)26/h2-3,8-10,14H,4-7,11-12H2,1H3,(H,31,34)(H,33,37)/t14-/m0/s1. The van der Waals surface area contributed by atoms with E-state index < -0.39 is 30.4 Å². The molecule has 10 nitrogen and oxygen atoms in total. The van der Waals surface area contributed by atoms with Gasteiger partial charge in [0.05, 0.1) is 43.0 Å². The molecule has 0 bridgehead atoms. The van der Waals surface area contributed by atoms with Crippen LogP contribution in [0, 0.1) is 12.8 Å². The van der Waals surface area contributed by atoms with Crippen LogP contribution in [-0.2, 0) is 6.18 Å². The van der Waals surface area contributed by atoms with Crippen molar-refractivity contribution in [1.82, 2.24) is 25.0 Å². The lowest BCUT2D eigenvalue weighted by molar-refractivity contribution is -0.141. The first-order chi connectivity index (χ1) is 18.4. The van der Waals surface area contributed by atoms with Crippen LogP contribution in [-0.4, -0.2) is 63.3 Å². The summed E-state index contributed by atoms with van der Waals surface area (Å²) in [6, 6.07) is 3.07. The lowest BCUT2D eigenvalue weighted by Gasteiger charge is -2.17. The number of alkyl halides is 6. The minimum atomic E-state index is -4.65. The van der Waals surface area contributed by atoms with Crippen molar-refractivity contribution < 1.29 is 40.4 Å². The van der Waals surface area contributed by atoms with Crippen molar-refractivity contribution in [3.8, 4) is 5.88 Å². The predicted octanol–water partition coefficient (Wildman–Crippen LogP) is 4.84. The van der Waals surface area contributed by atoms with E-state index in [2.05, 4.69) is 30.7 Å². The van der Waals surface area contributed by atoms with E-state index in [9.17, 15) is 31.1 Å². The number of nitrogens with zero attached hydrogens (tertiary/aromatic N) is 5. The van der Waals surface area contributed by atoms with Crippen LogP contribution in [0.15, 0.2) is 35.2 Å². The molecular formula is C23H23F6N7O3. The second-order valence-electron chi connectivity index (χ2n) is 8.85. The summed E-state index contributed by atoms with van der Waals surface area (Å²) >= 11 is 0. The van der Waals surface area contributed by atoms with Gasteiger partial charge in [-0.25, -0.2) is 15.0 Å². The molecule has 2 N–H and O–H groups in total. The third-order valence-electron chi connectivity index (χ3n) is 5.82. The molecule has 1 fully saturated rings. The van der Waals surface area contributed by atoms with Gasteiger partial charge in [-0.15, -0.1) is 0 Å². The molecule has 1 aliphatic rings. The lowest BCUT2D eigenvalue weighted by atomic mass is 10.1. The normalized spacial score (nSPS) is 16.3. The van der Waals surface area contributed by atoms with Crippen LogP contribution in [0.3, 0.4) is 0 Å². The third kappa shape index (κ3) is 7.78. The van der Waals surface area contributed by atoms with Crippen LogP contribution in [0.4, 0.5) is 43.7 Å². The molecule has 0 saturated carbocycles. The van der Waals surface area contributed by atoms with Crippen molar-refractivity contribution in [3.05, 3.63) is 47.7 Å². The average Bonchev–Trinajstić information content (AvgIpc) is 3.48. The summed E-state index contributed by atoms with van der Waals surface area (Å²) in [6.45, 7) is 2.85. The minimum Gasteiger partial charge on any atom is -0.477 e. The molecule has 0 aromatic carbocycles. The highest BCUT2D eigenvalue weighted by atomic mass is 19.4. The quantitative estimate of drug-likeness (QED) is 0.355. The highest BCUT2D eigenvalue weighted by Gasteiger charge is 2.33. The van der Waals surface area contributed by atoms with Gasteiger partial charge in [0, 0.05) is 25.1 Å². The molecular weight excluding hydrogens is 536 g/mol. The van der Waals surface area contributed by atoms with E-state index in [1.54, 1.807) is 11.0 Å². The number of pyridine rings is 1. The maximum atomic E-state index is 12.9. The Balaban J connectivity index is 1.30. The van der Waals surface area contributed by atoms with Crippen molar-refractivity contribution in [1.29, 1.82) is 0 Å². The van der Waals surface area contributed by atoms with E-state index in [1.165, 1.54) is 19.2 Å². The number of carbonyl (C=O) groups is 1. The van der Waals surface area contributed by atoms with E-state index >= 15 is 0 Å². The van der Waals surface area contributed by atoms with Crippen LogP contribution in [0.2, 0.25) is 0 Å². The summed E-state index contributed by atoms with van der Waals surface area (Å²) in [5, 5.41) is 8.92. The Kier molecular flexibility index (Phi) is 8.22. The zero-order chi connectivity index (χ0) is 28.2. The van der Waals surface area contributed by atoms with E-state index in [0.717, 1.165) is 12.6 Å². The summed E-state index contributed by atoms with van der Waals surface area (Å²) in [6.07, 6.45) is -6.21. The Morgan fingerprint density at radius 2 is 1.92 bits per heavy atom. The number of rotatable bonds is 9. The van der Waals surface area contributed by atoms with Crippen molar-refractivity contribution >= 4 is 23.3 Å². The number of hydrogen-bond acceptors (Lipinski definition) is 9. The molecule has 0 aliphatic carbocycles. The van der Waals surface area contributed by atoms with Gasteiger partial charge in [-0.1, -0.05) is 5.16 Å². The van der Waals surface area contributed by atoms with Crippen molar-refractivity contribution in [2.45, 2.75) is 32.1 Å². The van der Waals surface area contributed by atoms with Crippen LogP contribution in [0.5, 0.6) is 5.88 Å². The van der Waals surface area contributed by atoms with Gasteiger partial charge in [-0.3, -0.25) is 4.79 Å². The largest absolute Gasteiger partial charge is 0.477 e. The highest BCUT2D eigenvalue weighted by molar-refractivity contribution is 6.08. The summed E-state index contributed by atoms with van der Waals surface area (Å²) < 4.78 is 86.0. The molecule has 39 heavy (non-hydrogen) atoms. The number of aromatic nitrogens is 4. The molecule has 1 saturated heterocycles. The summed E-state index contributed by atoms with van der Waals surface area (Å²) in [4.78, 5) is 25.7. The van der Waals surface area contributed by atoms with Crippen LogP contribution in [0.1, 0.15) is 34.6 Å². The third-order valence-corrected chi connectivity index (χ3v) is 5.82. The molecule has 0 spiro atoms. The van der Waals surface area contributed by atoms with Gasteiger partial charge in [0.15, 0.2) is 11.5 Å². The van der Waals surface area contributed by atoms with Gasteiger partial charge in [-0.2, -0.15) is 26.3 Å². The van der Waals surface area contributed by atoms with Crippen LogP contribution >= 0.6 is 0 Å².